The van der Waals surface area contributed by atoms with Crippen molar-refractivity contribution in [1.82, 2.24) is 19.4 Å². The van der Waals surface area contributed by atoms with E-state index in [0.29, 0.717) is 41.4 Å². The highest BCUT2D eigenvalue weighted by Crippen LogP contribution is 2.34. The number of hydrogen-bond donors (Lipinski definition) is 1. The molecule has 0 radical (unpaired) electrons. The summed E-state index contributed by atoms with van der Waals surface area (Å²) in [4.78, 5) is 24.9. The molecule has 8 nitrogen and oxygen atoms in total. The summed E-state index contributed by atoms with van der Waals surface area (Å²) in [6, 6.07) is 8.56. The molecule has 0 saturated carbocycles. The molecule has 0 amide bonds. The first-order valence-corrected chi connectivity index (χ1v) is 13.0. The Bertz CT molecular complexity index is 1710. The number of benzene rings is 2. The molecule has 0 spiro atoms. The molecule has 1 N–H and O–H groups in total. The number of likely N-dealkylation sites (tertiary alicyclic amines) is 1. The number of nitrogens with zero attached hydrogens (tertiary/aromatic N) is 4. The first kappa shape index (κ1) is 26.4. The van der Waals surface area contributed by atoms with E-state index in [1.165, 1.54) is 42.3 Å². The SMILES string of the molecule is C=c1nc(-c2csc(C)n2)n(-c2c(OC)cccc2OC)c(=O)c1=C(O)N1CCC(c2ccc(F)cc2F)C1. The molecule has 4 aromatic rings. The highest BCUT2D eigenvalue weighted by atomic mass is 32.1. The highest BCUT2D eigenvalue weighted by molar-refractivity contribution is 7.09. The van der Waals surface area contributed by atoms with Crippen molar-refractivity contribution in [1.29, 1.82) is 0 Å². The molecule has 5 rings (SSSR count). The van der Waals surface area contributed by atoms with Crippen LogP contribution < -0.4 is 25.6 Å². The van der Waals surface area contributed by atoms with Crippen LogP contribution >= 0.6 is 11.3 Å². The lowest BCUT2D eigenvalue weighted by Gasteiger charge is -2.20. The topological polar surface area (TPSA) is 89.7 Å². The van der Waals surface area contributed by atoms with Gasteiger partial charge in [0.25, 0.3) is 5.56 Å². The number of aliphatic hydroxyl groups is 1. The molecule has 2 aromatic carbocycles. The molecular weight excluding hydrogens is 526 g/mol. The minimum absolute atomic E-state index is 0.0553. The number of aromatic nitrogens is 3. The summed E-state index contributed by atoms with van der Waals surface area (Å²) in [5, 5.41) is 13.9. The Balaban J connectivity index is 1.72. The van der Waals surface area contributed by atoms with E-state index in [4.69, 9.17) is 9.47 Å². The molecule has 1 aliphatic heterocycles. The van der Waals surface area contributed by atoms with Crippen molar-refractivity contribution in [2.24, 2.45) is 0 Å². The van der Waals surface area contributed by atoms with Crippen LogP contribution in [0.4, 0.5) is 8.78 Å². The highest BCUT2D eigenvalue weighted by Gasteiger charge is 2.29. The molecule has 11 heteroatoms. The minimum Gasteiger partial charge on any atom is -0.494 e. The van der Waals surface area contributed by atoms with Gasteiger partial charge in [-0.3, -0.25) is 9.36 Å². The fourth-order valence-corrected chi connectivity index (χ4v) is 5.48. The molecule has 202 valence electrons. The smallest absolute Gasteiger partial charge is 0.271 e. The maximum Gasteiger partial charge on any atom is 0.271 e. The summed E-state index contributed by atoms with van der Waals surface area (Å²) in [5.41, 5.74) is 0.492. The van der Waals surface area contributed by atoms with Crippen molar-refractivity contribution in [2.45, 2.75) is 19.3 Å². The number of thiazole rings is 1. The zero-order chi connectivity index (χ0) is 27.8. The second-order valence-corrected chi connectivity index (χ2v) is 10.1. The Kier molecular flexibility index (Phi) is 7.09. The third kappa shape index (κ3) is 4.74. The van der Waals surface area contributed by atoms with Gasteiger partial charge in [0.05, 0.1) is 24.6 Å². The van der Waals surface area contributed by atoms with Crippen molar-refractivity contribution in [3.8, 4) is 28.7 Å². The van der Waals surface area contributed by atoms with Gasteiger partial charge in [0.2, 0.25) is 5.88 Å². The summed E-state index contributed by atoms with van der Waals surface area (Å²) in [6.07, 6.45) is 0.497. The number of ether oxygens (including phenoxy) is 2. The van der Waals surface area contributed by atoms with Gasteiger partial charge in [0.1, 0.15) is 39.7 Å². The number of rotatable bonds is 6. The third-order valence-corrected chi connectivity index (χ3v) is 7.52. The number of aryl methyl sites for hydroxylation is 1. The maximum atomic E-state index is 14.4. The van der Waals surface area contributed by atoms with E-state index in [1.807, 2.05) is 6.92 Å². The summed E-state index contributed by atoms with van der Waals surface area (Å²) in [6.45, 7) is 6.37. The molecular formula is C28H26F2N4O4S. The van der Waals surface area contributed by atoms with E-state index in [0.717, 1.165) is 11.1 Å². The Morgan fingerprint density at radius 3 is 2.49 bits per heavy atom. The number of aliphatic hydroxyl groups excluding tert-OH is 1. The lowest BCUT2D eigenvalue weighted by atomic mass is 9.98. The first-order chi connectivity index (χ1) is 18.7. The number of hydrogen-bond acceptors (Lipinski definition) is 8. The standard InChI is InChI=1S/C28H26F2N4O4S/c1-15-24(27(35)33-11-10-17(13-33)19-9-8-18(29)12-20(19)30)28(36)34(26(31-15)21-14-39-16(2)32-21)25-22(37-3)6-5-7-23(25)38-4/h5-9,12,14,17,35H,1,10-11,13H2,2-4H3. The average molecular weight is 553 g/mol. The van der Waals surface area contributed by atoms with Crippen LogP contribution in [0.5, 0.6) is 11.5 Å². The molecule has 1 fully saturated rings. The normalized spacial score (nSPS) is 15.9. The van der Waals surface area contributed by atoms with Crippen molar-refractivity contribution in [2.75, 3.05) is 27.3 Å². The van der Waals surface area contributed by atoms with Gasteiger partial charge in [-0.1, -0.05) is 18.7 Å². The van der Waals surface area contributed by atoms with Crippen LogP contribution in [0.2, 0.25) is 0 Å². The van der Waals surface area contributed by atoms with Crippen molar-refractivity contribution >= 4 is 23.8 Å². The number of para-hydroxylation sites is 1. The van der Waals surface area contributed by atoms with Gasteiger partial charge < -0.3 is 19.5 Å². The summed E-state index contributed by atoms with van der Waals surface area (Å²) < 4.78 is 40.3. The Morgan fingerprint density at radius 1 is 1.15 bits per heavy atom. The van der Waals surface area contributed by atoms with Crippen LogP contribution in [0.3, 0.4) is 0 Å². The summed E-state index contributed by atoms with van der Waals surface area (Å²) in [5.74, 6) is -1.02. The van der Waals surface area contributed by atoms with Crippen molar-refractivity contribution in [3.05, 3.63) is 84.9 Å². The van der Waals surface area contributed by atoms with Gasteiger partial charge >= 0.3 is 0 Å². The zero-order valence-electron chi connectivity index (χ0n) is 21.6. The second kappa shape index (κ2) is 10.5. The van der Waals surface area contributed by atoms with E-state index in [9.17, 15) is 18.7 Å². The zero-order valence-corrected chi connectivity index (χ0v) is 22.4. The molecule has 3 heterocycles. The third-order valence-electron chi connectivity index (χ3n) is 6.75. The molecule has 0 bridgehead atoms. The molecule has 0 aliphatic carbocycles. The Labute approximate surface area is 226 Å². The van der Waals surface area contributed by atoms with E-state index in [1.54, 1.807) is 28.5 Å². The van der Waals surface area contributed by atoms with E-state index >= 15 is 0 Å². The largest absolute Gasteiger partial charge is 0.494 e. The van der Waals surface area contributed by atoms with Gasteiger partial charge in [-0.15, -0.1) is 11.3 Å². The van der Waals surface area contributed by atoms with Gasteiger partial charge in [-0.2, -0.15) is 0 Å². The van der Waals surface area contributed by atoms with E-state index in [2.05, 4.69) is 16.5 Å². The fourth-order valence-electron chi connectivity index (χ4n) is 4.88. The molecule has 39 heavy (non-hydrogen) atoms. The average Bonchev–Trinajstić information content (AvgIpc) is 3.57. The first-order valence-electron chi connectivity index (χ1n) is 12.1. The summed E-state index contributed by atoms with van der Waals surface area (Å²) in [7, 11) is 2.95. The molecule has 1 saturated heterocycles. The minimum atomic E-state index is -0.656. The van der Waals surface area contributed by atoms with Crippen LogP contribution in [0.1, 0.15) is 22.9 Å². The predicted octanol–water partition coefficient (Wildman–Crippen LogP) is 3.48. The van der Waals surface area contributed by atoms with Crippen LogP contribution in [0.15, 0.2) is 46.6 Å². The van der Waals surface area contributed by atoms with Gasteiger partial charge in [0.15, 0.2) is 5.82 Å². The number of halogens is 2. The van der Waals surface area contributed by atoms with Crippen LogP contribution in [0, 0.1) is 18.6 Å². The van der Waals surface area contributed by atoms with Gasteiger partial charge in [-0.25, -0.2) is 18.7 Å². The van der Waals surface area contributed by atoms with Crippen molar-refractivity contribution in [3.63, 3.8) is 0 Å². The van der Waals surface area contributed by atoms with Gasteiger partial charge in [0, 0.05) is 30.5 Å². The van der Waals surface area contributed by atoms with E-state index in [-0.39, 0.29) is 34.7 Å². The van der Waals surface area contributed by atoms with E-state index < -0.39 is 17.2 Å². The molecule has 1 aliphatic rings. The summed E-state index contributed by atoms with van der Waals surface area (Å²) >= 11 is 1.40. The second-order valence-electron chi connectivity index (χ2n) is 9.08. The number of methoxy groups -OCH3 is 2. The predicted molar refractivity (Wildman–Crippen MR) is 145 cm³/mol. The van der Waals surface area contributed by atoms with Crippen LogP contribution in [-0.2, 0) is 0 Å². The van der Waals surface area contributed by atoms with Gasteiger partial charge in [-0.05, 0) is 37.1 Å². The lowest BCUT2D eigenvalue weighted by molar-refractivity contribution is 0.321. The Morgan fingerprint density at radius 2 is 1.87 bits per heavy atom. The Hall–Kier alpha value is -4.25. The molecule has 1 atom stereocenters. The van der Waals surface area contributed by atoms with Crippen LogP contribution in [0.25, 0.3) is 29.7 Å². The lowest BCUT2D eigenvalue weighted by Crippen LogP contribution is -2.50. The fraction of sp³-hybridized carbons (Fsp3) is 0.250. The van der Waals surface area contributed by atoms with Crippen molar-refractivity contribution < 1.29 is 23.4 Å². The molecule has 1 unspecified atom stereocenters. The monoisotopic (exact) mass is 552 g/mol. The quantitative estimate of drug-likeness (QED) is 0.392. The maximum absolute atomic E-state index is 14.4. The van der Waals surface area contributed by atoms with Crippen LogP contribution in [-0.4, -0.2) is 51.9 Å². The molecule has 2 aromatic heterocycles.